The molecule has 0 bridgehead atoms. The average molecular weight is 332 g/mol. The van der Waals surface area contributed by atoms with Gasteiger partial charge >= 0.3 is 5.97 Å². The second-order valence-corrected chi connectivity index (χ2v) is 7.73. The fourth-order valence-electron chi connectivity index (χ4n) is 2.16. The summed E-state index contributed by atoms with van der Waals surface area (Å²) in [7, 11) is 1.76. The van der Waals surface area contributed by atoms with Crippen LogP contribution in [0.15, 0.2) is 0 Å². The summed E-state index contributed by atoms with van der Waals surface area (Å²) >= 11 is 6.47. The predicted octanol–water partition coefficient (Wildman–Crippen LogP) is 1.50. The molecule has 0 aromatic heterocycles. The van der Waals surface area contributed by atoms with E-state index < -0.39 is 11.6 Å². The summed E-state index contributed by atoms with van der Waals surface area (Å²) in [5.74, 6) is 0.110. The molecule has 0 aromatic rings. The average Bonchev–Trinajstić information content (AvgIpc) is 2.85. The minimum atomic E-state index is -0.538. The van der Waals surface area contributed by atoms with Crippen LogP contribution in [0.3, 0.4) is 0 Å². The van der Waals surface area contributed by atoms with Crippen LogP contribution in [-0.4, -0.2) is 47.1 Å². The molecule has 1 saturated heterocycles. The number of rotatable bonds is 5. The highest BCUT2D eigenvalue weighted by molar-refractivity contribution is 8.22. The first kappa shape index (κ1) is 18.4. The van der Waals surface area contributed by atoms with Crippen LogP contribution in [0, 0.1) is 5.92 Å². The zero-order valence-corrected chi connectivity index (χ0v) is 14.7. The van der Waals surface area contributed by atoms with Crippen molar-refractivity contribution in [3.8, 4) is 0 Å². The minimum Gasteiger partial charge on any atom is -0.459 e. The molecule has 0 spiro atoms. The lowest BCUT2D eigenvalue weighted by Gasteiger charge is -2.24. The van der Waals surface area contributed by atoms with Crippen molar-refractivity contribution >= 4 is 40.1 Å². The molecule has 2 atom stereocenters. The first-order valence-corrected chi connectivity index (χ1v) is 8.47. The zero-order chi connectivity index (χ0) is 16.0. The Kier molecular flexibility index (Phi) is 7.09. The molecule has 120 valence electrons. The number of thiocarbonyl (C=S) groups is 1. The molecule has 1 aliphatic rings. The molecule has 1 heterocycles. The number of hydrogen-bond acceptors (Lipinski definition) is 6. The number of esters is 1. The third kappa shape index (κ3) is 6.32. The van der Waals surface area contributed by atoms with Crippen LogP contribution in [-0.2, 0) is 14.3 Å². The largest absolute Gasteiger partial charge is 0.459 e. The van der Waals surface area contributed by atoms with Crippen molar-refractivity contribution in [1.29, 1.82) is 0 Å². The topological polar surface area (TPSA) is 67.4 Å². The highest BCUT2D eigenvalue weighted by Crippen LogP contribution is 2.22. The number of Topliss-reactive ketones (excluding diaryl/α,β-unsaturated/α-hetero) is 1. The van der Waals surface area contributed by atoms with Crippen LogP contribution < -0.4 is 10.6 Å². The fourth-order valence-corrected chi connectivity index (χ4v) is 3.05. The third-order valence-electron chi connectivity index (χ3n) is 3.08. The monoisotopic (exact) mass is 332 g/mol. The minimum absolute atomic E-state index is 0.0993. The van der Waals surface area contributed by atoms with Gasteiger partial charge in [-0.3, -0.25) is 9.59 Å². The van der Waals surface area contributed by atoms with Crippen molar-refractivity contribution in [1.82, 2.24) is 10.6 Å². The molecule has 0 saturated carbocycles. The molecule has 0 aromatic carbocycles. The summed E-state index contributed by atoms with van der Waals surface area (Å²) in [6.07, 6.45) is 1.10. The Labute approximate surface area is 135 Å². The number of carbonyl (C=O) groups is 2. The van der Waals surface area contributed by atoms with Gasteiger partial charge in [0.25, 0.3) is 0 Å². The lowest BCUT2D eigenvalue weighted by molar-refractivity contribution is -0.159. The van der Waals surface area contributed by atoms with Crippen molar-refractivity contribution in [3.63, 3.8) is 0 Å². The molecular formula is C14H24N2O3S2. The summed E-state index contributed by atoms with van der Waals surface area (Å²) in [5, 5.41) is 5.94. The molecule has 1 unspecified atom stereocenters. The summed E-state index contributed by atoms with van der Waals surface area (Å²) in [5.41, 5.74) is -0.538. The molecule has 7 heteroatoms. The number of ether oxygens (including phenoxy) is 1. The van der Waals surface area contributed by atoms with Gasteiger partial charge in [-0.05, 0) is 33.7 Å². The lowest BCUT2D eigenvalue weighted by atomic mass is 9.94. The molecule has 0 radical (unpaired) electrons. The van der Waals surface area contributed by atoms with Crippen molar-refractivity contribution in [2.24, 2.45) is 5.92 Å². The van der Waals surface area contributed by atoms with E-state index in [2.05, 4.69) is 10.6 Å². The first-order valence-electron chi connectivity index (χ1n) is 7.08. The molecule has 1 fully saturated rings. The van der Waals surface area contributed by atoms with E-state index in [9.17, 15) is 9.59 Å². The Bertz CT molecular complexity index is 408. The normalized spacial score (nSPS) is 21.9. The van der Waals surface area contributed by atoms with Gasteiger partial charge in [0.15, 0.2) is 0 Å². The van der Waals surface area contributed by atoms with Crippen molar-refractivity contribution in [3.05, 3.63) is 0 Å². The SMILES string of the molecule is CNC(=S)SCCC(=O)C1CCN[C@@H]1C(=O)OC(C)(C)C. The zero-order valence-electron chi connectivity index (χ0n) is 13.0. The van der Waals surface area contributed by atoms with Crippen molar-refractivity contribution < 1.29 is 14.3 Å². The van der Waals surface area contributed by atoms with Crippen LogP contribution >= 0.6 is 24.0 Å². The molecular weight excluding hydrogens is 308 g/mol. The smallest absolute Gasteiger partial charge is 0.324 e. The first-order chi connectivity index (χ1) is 9.74. The Morgan fingerprint density at radius 2 is 2.10 bits per heavy atom. The van der Waals surface area contributed by atoms with Crippen LogP contribution in [0.1, 0.15) is 33.6 Å². The van der Waals surface area contributed by atoms with Gasteiger partial charge in [-0.15, -0.1) is 0 Å². The highest BCUT2D eigenvalue weighted by atomic mass is 32.2. The van der Waals surface area contributed by atoms with Gasteiger partial charge in [-0.2, -0.15) is 0 Å². The Balaban J connectivity index is 2.50. The lowest BCUT2D eigenvalue weighted by Crippen LogP contribution is -2.43. The molecule has 21 heavy (non-hydrogen) atoms. The second-order valence-electron chi connectivity index (χ2n) is 5.96. The van der Waals surface area contributed by atoms with Crippen LogP contribution in [0.25, 0.3) is 0 Å². The molecule has 5 nitrogen and oxygen atoms in total. The number of carbonyl (C=O) groups excluding carboxylic acids is 2. The van der Waals surface area contributed by atoms with Gasteiger partial charge in [0, 0.05) is 25.1 Å². The number of ketones is 1. The number of hydrogen-bond donors (Lipinski definition) is 2. The van der Waals surface area contributed by atoms with Crippen LogP contribution in [0.4, 0.5) is 0 Å². The summed E-state index contributed by atoms with van der Waals surface area (Å²) in [4.78, 5) is 24.4. The summed E-state index contributed by atoms with van der Waals surface area (Å²) < 4.78 is 6.05. The van der Waals surface area contributed by atoms with Crippen LogP contribution in [0.2, 0.25) is 0 Å². The van der Waals surface area contributed by atoms with Gasteiger partial charge in [-0.1, -0.05) is 24.0 Å². The Hall–Kier alpha value is -0.660. The van der Waals surface area contributed by atoms with Gasteiger partial charge in [0.1, 0.15) is 21.7 Å². The summed E-state index contributed by atoms with van der Waals surface area (Å²) in [6, 6.07) is -0.516. The van der Waals surface area contributed by atoms with E-state index in [1.54, 1.807) is 7.05 Å². The van der Waals surface area contributed by atoms with Gasteiger partial charge in [-0.25, -0.2) is 0 Å². The number of nitrogens with one attached hydrogen (secondary N) is 2. The quantitative estimate of drug-likeness (QED) is 0.584. The Morgan fingerprint density at radius 1 is 1.43 bits per heavy atom. The maximum absolute atomic E-state index is 12.3. The van der Waals surface area contributed by atoms with E-state index >= 15 is 0 Å². The number of thioether (sulfide) groups is 1. The van der Waals surface area contributed by atoms with Gasteiger partial charge in [0.2, 0.25) is 0 Å². The second kappa shape index (κ2) is 8.10. The van der Waals surface area contributed by atoms with Crippen molar-refractivity contribution in [2.75, 3.05) is 19.3 Å². The molecule has 0 amide bonds. The third-order valence-corrected chi connectivity index (χ3v) is 4.51. The van der Waals surface area contributed by atoms with Crippen molar-refractivity contribution in [2.45, 2.75) is 45.3 Å². The van der Waals surface area contributed by atoms with E-state index in [0.717, 1.165) is 0 Å². The van der Waals surface area contributed by atoms with E-state index in [0.29, 0.717) is 29.5 Å². The standard InChI is InChI=1S/C14H24N2O3S2/c1-14(2,3)19-12(18)11-9(5-7-16-11)10(17)6-8-21-13(20)15-4/h9,11,16H,5-8H2,1-4H3,(H,15,20)/t9?,11-/m0/s1. The van der Waals surface area contributed by atoms with Crippen LogP contribution in [0.5, 0.6) is 0 Å². The molecule has 0 aliphatic carbocycles. The highest BCUT2D eigenvalue weighted by Gasteiger charge is 2.39. The molecule has 1 aliphatic heterocycles. The summed E-state index contributed by atoms with van der Waals surface area (Å²) in [6.45, 7) is 6.15. The Morgan fingerprint density at radius 3 is 2.67 bits per heavy atom. The van der Waals surface area contributed by atoms with E-state index in [4.69, 9.17) is 17.0 Å². The van der Waals surface area contributed by atoms with E-state index in [1.165, 1.54) is 11.8 Å². The molecule has 2 N–H and O–H groups in total. The van der Waals surface area contributed by atoms with E-state index in [1.807, 2.05) is 20.8 Å². The maximum atomic E-state index is 12.3. The van der Waals surface area contributed by atoms with Gasteiger partial charge in [0.05, 0.1) is 0 Å². The van der Waals surface area contributed by atoms with Gasteiger partial charge < -0.3 is 15.4 Å². The molecule has 1 rings (SSSR count). The predicted molar refractivity (Wildman–Crippen MR) is 89.5 cm³/mol. The maximum Gasteiger partial charge on any atom is 0.324 e. The fraction of sp³-hybridized carbons (Fsp3) is 0.786. The van der Waals surface area contributed by atoms with E-state index in [-0.39, 0.29) is 17.7 Å².